The average molecular weight is 533 g/mol. The molecule has 0 heteroatoms. The van der Waals surface area contributed by atoms with Crippen molar-refractivity contribution in [2.24, 2.45) is 10.8 Å². The van der Waals surface area contributed by atoms with Gasteiger partial charge in [-0.3, -0.25) is 0 Å². The zero-order valence-corrected chi connectivity index (χ0v) is 26.8. The molecular weight excluding hydrogens is 480 g/mol. The summed E-state index contributed by atoms with van der Waals surface area (Å²) in [5.41, 5.74) is 10.9. The van der Waals surface area contributed by atoms with Crippen LogP contribution in [0.4, 0.5) is 0 Å². The van der Waals surface area contributed by atoms with E-state index in [1.807, 2.05) is 0 Å². The van der Waals surface area contributed by atoms with Crippen LogP contribution in [0.1, 0.15) is 82.1 Å². The Hall–Kier alpha value is -3.38. The predicted molar refractivity (Wildman–Crippen MR) is 181 cm³/mol. The molecule has 212 valence electrons. The molecule has 0 saturated carbocycles. The summed E-state index contributed by atoms with van der Waals surface area (Å²) in [4.78, 5) is 0. The lowest BCUT2D eigenvalue weighted by atomic mass is 9.75. The monoisotopic (exact) mass is 532 g/mol. The summed E-state index contributed by atoms with van der Waals surface area (Å²) in [5, 5.41) is 0. The number of rotatable bonds is 10. The second-order valence-corrected chi connectivity index (χ2v) is 12.6. The summed E-state index contributed by atoms with van der Waals surface area (Å²) in [7, 11) is 0. The normalized spacial score (nSPS) is 21.1. The third kappa shape index (κ3) is 11.0. The van der Waals surface area contributed by atoms with Gasteiger partial charge in [-0.1, -0.05) is 159 Å². The molecule has 0 atom stereocenters. The van der Waals surface area contributed by atoms with Gasteiger partial charge in [-0.25, -0.2) is 0 Å². The number of hydrogen-bond acceptors (Lipinski definition) is 0. The van der Waals surface area contributed by atoms with Gasteiger partial charge in [0.15, 0.2) is 0 Å². The third-order valence-electron chi connectivity index (χ3n) is 7.59. The van der Waals surface area contributed by atoms with Crippen LogP contribution in [0.25, 0.3) is 0 Å². The van der Waals surface area contributed by atoms with Crippen LogP contribution in [0.5, 0.6) is 0 Å². The molecule has 0 unspecified atom stereocenters. The van der Waals surface area contributed by atoms with Crippen molar-refractivity contribution in [1.29, 1.82) is 0 Å². The first-order valence-corrected chi connectivity index (χ1v) is 14.7. The molecule has 0 aromatic rings. The molecule has 0 spiro atoms. The minimum absolute atomic E-state index is 0.203. The van der Waals surface area contributed by atoms with Gasteiger partial charge in [0.05, 0.1) is 0 Å². The summed E-state index contributed by atoms with van der Waals surface area (Å²) < 4.78 is 0. The van der Waals surface area contributed by atoms with Gasteiger partial charge in [-0.2, -0.15) is 0 Å². The van der Waals surface area contributed by atoms with Gasteiger partial charge in [-0.05, 0) is 87.5 Å². The second-order valence-electron chi connectivity index (χ2n) is 12.6. The fraction of sp³-hybridized carbons (Fsp3) is 0.350. The minimum atomic E-state index is 0.203. The molecule has 2 rings (SSSR count). The van der Waals surface area contributed by atoms with E-state index in [9.17, 15) is 0 Å². The van der Waals surface area contributed by atoms with E-state index in [0.717, 1.165) is 12.8 Å². The molecule has 0 aromatic heterocycles. The molecule has 0 aromatic carbocycles. The highest BCUT2D eigenvalue weighted by Gasteiger charge is 2.24. The zero-order valence-electron chi connectivity index (χ0n) is 26.8. The van der Waals surface area contributed by atoms with Crippen LogP contribution in [0.2, 0.25) is 0 Å². The molecule has 0 fully saturated rings. The molecule has 2 aliphatic carbocycles. The third-order valence-corrected chi connectivity index (χ3v) is 7.59. The maximum atomic E-state index is 2.32. The van der Waals surface area contributed by atoms with Crippen molar-refractivity contribution in [3.05, 3.63) is 154 Å². The number of allylic oxidation sites excluding steroid dienone is 26. The van der Waals surface area contributed by atoms with Crippen LogP contribution in [0.15, 0.2) is 154 Å². The molecule has 2 aliphatic rings. The number of hydrogen-bond donors (Lipinski definition) is 0. The summed E-state index contributed by atoms with van der Waals surface area (Å²) in [6, 6.07) is 0. The lowest BCUT2D eigenvalue weighted by Crippen LogP contribution is -2.16. The lowest BCUT2D eigenvalue weighted by molar-refractivity contribution is 0.455. The quantitative estimate of drug-likeness (QED) is 0.245. The van der Waals surface area contributed by atoms with Crippen LogP contribution in [0, 0.1) is 10.8 Å². The smallest absolute Gasteiger partial charge is 0.00664 e. The summed E-state index contributed by atoms with van der Waals surface area (Å²) in [6.07, 6.45) is 41.6. The standard InChI is InChI=1S/C40H52/c1-31(19-13-21-33(3)25-27-37-35(5)23-15-29-39(37,7)8)17-11-12-18-32(2)20-14-22-34(4)26-28-38-36(6)24-16-30-40(38,9)10/h11-28H,29-30H2,1-10H3/b12-11+,19-13+,20-14+,27-25+,28-26+,31-17+,32-18+,33-21+,34-22+. The fourth-order valence-corrected chi connectivity index (χ4v) is 5.01. The highest BCUT2D eigenvalue weighted by Crippen LogP contribution is 2.38. The molecule has 0 heterocycles. The zero-order chi connectivity index (χ0) is 29.8. The van der Waals surface area contributed by atoms with E-state index >= 15 is 0 Å². The van der Waals surface area contributed by atoms with Crippen LogP contribution < -0.4 is 0 Å². The van der Waals surface area contributed by atoms with Gasteiger partial charge in [0.1, 0.15) is 0 Å². The van der Waals surface area contributed by atoms with Crippen molar-refractivity contribution in [3.8, 4) is 0 Å². The molecule has 0 bridgehead atoms. The van der Waals surface area contributed by atoms with E-state index in [4.69, 9.17) is 0 Å². The first-order chi connectivity index (χ1) is 18.8. The van der Waals surface area contributed by atoms with Gasteiger partial charge in [-0.15, -0.1) is 0 Å². The largest absolute Gasteiger partial charge is 0.0834 e. The predicted octanol–water partition coefficient (Wildman–Crippen LogP) is 12.2. The Labute approximate surface area is 246 Å². The van der Waals surface area contributed by atoms with Crippen molar-refractivity contribution < 1.29 is 0 Å². The molecule has 40 heavy (non-hydrogen) atoms. The van der Waals surface area contributed by atoms with Crippen molar-refractivity contribution in [2.45, 2.75) is 82.1 Å². The molecule has 0 radical (unpaired) electrons. The van der Waals surface area contributed by atoms with Gasteiger partial charge >= 0.3 is 0 Å². The first-order valence-electron chi connectivity index (χ1n) is 14.7. The summed E-state index contributed by atoms with van der Waals surface area (Å²) in [5.74, 6) is 0. The van der Waals surface area contributed by atoms with Crippen molar-refractivity contribution in [2.75, 3.05) is 0 Å². The topological polar surface area (TPSA) is 0 Å². The maximum absolute atomic E-state index is 2.32. The first kappa shape index (κ1) is 32.8. The molecule has 0 nitrogen and oxygen atoms in total. The Morgan fingerprint density at radius 2 is 0.850 bits per heavy atom. The van der Waals surface area contributed by atoms with Crippen LogP contribution in [-0.4, -0.2) is 0 Å². The van der Waals surface area contributed by atoms with E-state index in [1.165, 1.54) is 44.6 Å². The summed E-state index contributed by atoms with van der Waals surface area (Å²) in [6.45, 7) is 22.3. The van der Waals surface area contributed by atoms with Crippen molar-refractivity contribution in [1.82, 2.24) is 0 Å². The van der Waals surface area contributed by atoms with Crippen LogP contribution in [-0.2, 0) is 0 Å². The summed E-state index contributed by atoms with van der Waals surface area (Å²) >= 11 is 0. The van der Waals surface area contributed by atoms with Gasteiger partial charge < -0.3 is 0 Å². The van der Waals surface area contributed by atoms with Gasteiger partial charge in [0.25, 0.3) is 0 Å². The molecular formula is C40H52. The highest BCUT2D eigenvalue weighted by atomic mass is 14.3. The molecule has 0 aliphatic heterocycles. The lowest BCUT2D eigenvalue weighted by Gasteiger charge is -2.29. The molecule has 0 amide bonds. The Balaban J connectivity index is 1.90. The van der Waals surface area contributed by atoms with E-state index < -0.39 is 0 Å². The maximum Gasteiger partial charge on any atom is -0.00664 e. The van der Waals surface area contributed by atoms with E-state index in [0.29, 0.717) is 0 Å². The van der Waals surface area contributed by atoms with E-state index in [-0.39, 0.29) is 10.8 Å². The Kier molecular flexibility index (Phi) is 12.7. The fourth-order valence-electron chi connectivity index (χ4n) is 5.01. The highest BCUT2D eigenvalue weighted by molar-refractivity contribution is 5.43. The Bertz CT molecular complexity index is 1200. The van der Waals surface area contributed by atoms with Crippen LogP contribution in [0.3, 0.4) is 0 Å². The van der Waals surface area contributed by atoms with Gasteiger partial charge in [0.2, 0.25) is 0 Å². The molecule has 0 saturated heterocycles. The average Bonchev–Trinajstić information content (AvgIpc) is 2.85. The van der Waals surface area contributed by atoms with Crippen molar-refractivity contribution in [3.63, 3.8) is 0 Å². The van der Waals surface area contributed by atoms with Crippen molar-refractivity contribution >= 4 is 0 Å². The van der Waals surface area contributed by atoms with Gasteiger partial charge in [0, 0.05) is 0 Å². The molecule has 0 N–H and O–H groups in total. The Morgan fingerprint density at radius 3 is 1.20 bits per heavy atom. The van der Waals surface area contributed by atoms with Crippen LogP contribution >= 0.6 is 0 Å². The second kappa shape index (κ2) is 15.4. The minimum Gasteiger partial charge on any atom is -0.0834 e. The Morgan fingerprint density at radius 1 is 0.525 bits per heavy atom. The van der Waals surface area contributed by atoms with E-state index in [2.05, 4.69) is 179 Å². The van der Waals surface area contributed by atoms with E-state index in [1.54, 1.807) is 0 Å². The SMILES string of the molecule is CC1=C(/C=C/C(C)=C/C=C/C(C)=C/C=C/C=C(C)/C=C/C=C(C)/C=C/C2=C(C)C=CCC2(C)C)C(C)(C)CC=C1.